The van der Waals surface area contributed by atoms with Gasteiger partial charge in [0.1, 0.15) is 0 Å². The smallest absolute Gasteiger partial charge is 0.335 e. The summed E-state index contributed by atoms with van der Waals surface area (Å²) in [4.78, 5) is 24.2. The summed E-state index contributed by atoms with van der Waals surface area (Å²) in [6, 6.07) is 6.94. The molecule has 0 saturated carbocycles. The molecular formula is C14H20N2O3. The van der Waals surface area contributed by atoms with Crippen molar-refractivity contribution < 1.29 is 14.7 Å². The van der Waals surface area contributed by atoms with Crippen LogP contribution >= 0.6 is 0 Å². The second-order valence-electron chi connectivity index (χ2n) is 4.65. The number of aromatic carboxylic acids is 1. The molecule has 0 heterocycles. The minimum atomic E-state index is -0.928. The number of benzene rings is 1. The molecule has 1 aromatic carbocycles. The van der Waals surface area contributed by atoms with Crippen molar-refractivity contribution in [1.29, 1.82) is 0 Å². The number of nitrogens with one attached hydrogen (secondary N) is 1. The van der Waals surface area contributed by atoms with Crippen molar-refractivity contribution in [1.82, 2.24) is 10.2 Å². The maximum Gasteiger partial charge on any atom is 0.335 e. The minimum absolute atomic E-state index is 0.00126. The van der Waals surface area contributed by atoms with E-state index < -0.39 is 5.97 Å². The Bertz CT molecular complexity index is 460. The van der Waals surface area contributed by atoms with Crippen molar-refractivity contribution in [3.63, 3.8) is 0 Å². The quantitative estimate of drug-likeness (QED) is 0.813. The van der Waals surface area contributed by atoms with Gasteiger partial charge in [-0.15, -0.1) is 0 Å². The third kappa shape index (κ3) is 4.71. The zero-order valence-corrected chi connectivity index (χ0v) is 11.5. The number of carbonyl (C=O) groups is 2. The SMILES string of the molecule is CNC(=O)CC(C)N(C)Cc1cccc(C(=O)O)c1. The molecule has 1 amide bonds. The van der Waals surface area contributed by atoms with Gasteiger partial charge >= 0.3 is 5.97 Å². The van der Waals surface area contributed by atoms with Crippen LogP contribution in [0.3, 0.4) is 0 Å². The Morgan fingerprint density at radius 1 is 1.42 bits per heavy atom. The van der Waals surface area contributed by atoms with Gasteiger partial charge in [0.25, 0.3) is 0 Å². The van der Waals surface area contributed by atoms with Gasteiger partial charge in [0.05, 0.1) is 5.56 Å². The van der Waals surface area contributed by atoms with Crippen LogP contribution in [0.1, 0.15) is 29.3 Å². The summed E-state index contributed by atoms with van der Waals surface area (Å²) < 4.78 is 0. The number of carboxylic acid groups (broad SMARTS) is 1. The fourth-order valence-corrected chi connectivity index (χ4v) is 1.77. The number of rotatable bonds is 6. The van der Waals surface area contributed by atoms with Crippen LogP contribution in [0.15, 0.2) is 24.3 Å². The Morgan fingerprint density at radius 2 is 2.11 bits per heavy atom. The van der Waals surface area contributed by atoms with Crippen molar-refractivity contribution in [2.75, 3.05) is 14.1 Å². The normalized spacial score (nSPS) is 12.2. The van der Waals surface area contributed by atoms with Gasteiger partial charge in [-0.05, 0) is 31.7 Å². The third-order valence-electron chi connectivity index (χ3n) is 3.12. The highest BCUT2D eigenvalue weighted by Crippen LogP contribution is 2.11. The highest BCUT2D eigenvalue weighted by atomic mass is 16.4. The van der Waals surface area contributed by atoms with E-state index in [-0.39, 0.29) is 17.5 Å². The van der Waals surface area contributed by atoms with Crippen LogP contribution in [-0.4, -0.2) is 42.0 Å². The van der Waals surface area contributed by atoms with Crippen molar-refractivity contribution in [2.45, 2.75) is 25.9 Å². The largest absolute Gasteiger partial charge is 0.478 e. The van der Waals surface area contributed by atoms with Crippen LogP contribution in [0.2, 0.25) is 0 Å². The summed E-state index contributed by atoms with van der Waals surface area (Å²) in [5.41, 5.74) is 1.20. The van der Waals surface area contributed by atoms with E-state index in [0.717, 1.165) is 5.56 Å². The second-order valence-corrected chi connectivity index (χ2v) is 4.65. The maximum atomic E-state index is 11.3. The molecule has 2 N–H and O–H groups in total. The van der Waals surface area contributed by atoms with Gasteiger partial charge in [-0.1, -0.05) is 12.1 Å². The van der Waals surface area contributed by atoms with Gasteiger partial charge in [-0.25, -0.2) is 4.79 Å². The fourth-order valence-electron chi connectivity index (χ4n) is 1.77. The number of carboxylic acids is 1. The lowest BCUT2D eigenvalue weighted by atomic mass is 10.1. The number of carbonyl (C=O) groups excluding carboxylic acids is 1. The van der Waals surface area contributed by atoms with Crippen LogP contribution in [0.5, 0.6) is 0 Å². The van der Waals surface area contributed by atoms with E-state index in [2.05, 4.69) is 5.32 Å². The number of hydrogen-bond donors (Lipinski definition) is 2. The van der Waals surface area contributed by atoms with E-state index >= 15 is 0 Å². The molecule has 19 heavy (non-hydrogen) atoms. The highest BCUT2D eigenvalue weighted by molar-refractivity contribution is 5.87. The second kappa shape index (κ2) is 6.89. The fraction of sp³-hybridized carbons (Fsp3) is 0.429. The first-order valence-corrected chi connectivity index (χ1v) is 6.17. The Balaban J connectivity index is 2.65. The lowest BCUT2D eigenvalue weighted by Crippen LogP contribution is -2.33. The van der Waals surface area contributed by atoms with E-state index in [1.54, 1.807) is 25.2 Å². The molecule has 0 aromatic heterocycles. The van der Waals surface area contributed by atoms with Gasteiger partial charge < -0.3 is 10.4 Å². The van der Waals surface area contributed by atoms with Gasteiger partial charge in [0.2, 0.25) is 5.91 Å². The van der Waals surface area contributed by atoms with Gasteiger partial charge in [-0.3, -0.25) is 9.69 Å². The summed E-state index contributed by atoms with van der Waals surface area (Å²) in [6.45, 7) is 2.58. The van der Waals surface area contributed by atoms with Gasteiger partial charge in [0, 0.05) is 26.1 Å². The molecule has 0 bridgehead atoms. The average molecular weight is 264 g/mol. The summed E-state index contributed by atoms with van der Waals surface area (Å²) in [6.07, 6.45) is 0.422. The summed E-state index contributed by atoms with van der Waals surface area (Å²) in [7, 11) is 3.53. The molecule has 1 unspecified atom stereocenters. The molecule has 0 aliphatic heterocycles. The number of hydrogen-bond acceptors (Lipinski definition) is 3. The van der Waals surface area contributed by atoms with Gasteiger partial charge in [-0.2, -0.15) is 0 Å². The number of nitrogens with zero attached hydrogens (tertiary/aromatic N) is 1. The molecule has 1 atom stereocenters. The highest BCUT2D eigenvalue weighted by Gasteiger charge is 2.13. The first-order valence-electron chi connectivity index (χ1n) is 6.17. The lowest BCUT2D eigenvalue weighted by Gasteiger charge is -2.24. The van der Waals surface area contributed by atoms with Gasteiger partial charge in [0.15, 0.2) is 0 Å². The molecule has 1 rings (SSSR count). The molecular weight excluding hydrogens is 244 g/mol. The van der Waals surface area contributed by atoms with Crippen molar-refractivity contribution >= 4 is 11.9 Å². The zero-order valence-electron chi connectivity index (χ0n) is 11.5. The van der Waals surface area contributed by atoms with Crippen LogP contribution in [-0.2, 0) is 11.3 Å². The Kier molecular flexibility index (Phi) is 5.51. The first-order chi connectivity index (χ1) is 8.93. The van der Waals surface area contributed by atoms with E-state index in [1.807, 2.05) is 24.9 Å². The molecule has 0 radical (unpaired) electrons. The predicted octanol–water partition coefficient (Wildman–Crippen LogP) is 1.34. The first kappa shape index (κ1) is 15.2. The Labute approximate surface area is 113 Å². The Hall–Kier alpha value is -1.88. The Morgan fingerprint density at radius 3 is 2.68 bits per heavy atom. The standard InChI is InChI=1S/C14H20N2O3/c1-10(7-13(17)15-2)16(3)9-11-5-4-6-12(8-11)14(18)19/h4-6,8,10H,7,9H2,1-3H3,(H,15,17)(H,18,19). The lowest BCUT2D eigenvalue weighted by molar-refractivity contribution is -0.121. The topological polar surface area (TPSA) is 69.6 Å². The molecule has 0 aliphatic rings. The molecule has 0 fully saturated rings. The van der Waals surface area contributed by atoms with Crippen LogP contribution in [0, 0.1) is 0 Å². The van der Waals surface area contributed by atoms with E-state index in [4.69, 9.17) is 5.11 Å². The molecule has 0 aliphatic carbocycles. The van der Waals surface area contributed by atoms with Crippen LogP contribution in [0.4, 0.5) is 0 Å². The summed E-state index contributed by atoms with van der Waals surface area (Å²) >= 11 is 0. The molecule has 0 saturated heterocycles. The molecule has 1 aromatic rings. The van der Waals surface area contributed by atoms with Crippen molar-refractivity contribution in [2.24, 2.45) is 0 Å². The van der Waals surface area contributed by atoms with Crippen LogP contribution < -0.4 is 5.32 Å². The zero-order chi connectivity index (χ0) is 14.4. The van der Waals surface area contributed by atoms with E-state index in [9.17, 15) is 9.59 Å². The minimum Gasteiger partial charge on any atom is -0.478 e. The van der Waals surface area contributed by atoms with E-state index in [1.165, 1.54) is 0 Å². The molecule has 5 heteroatoms. The summed E-state index contributed by atoms with van der Waals surface area (Å²) in [5.74, 6) is -0.929. The molecule has 0 spiro atoms. The molecule has 5 nitrogen and oxygen atoms in total. The monoisotopic (exact) mass is 264 g/mol. The van der Waals surface area contributed by atoms with E-state index in [0.29, 0.717) is 13.0 Å². The average Bonchev–Trinajstić information content (AvgIpc) is 2.38. The summed E-state index contributed by atoms with van der Waals surface area (Å²) in [5, 5.41) is 11.5. The third-order valence-corrected chi connectivity index (χ3v) is 3.12. The molecule has 104 valence electrons. The number of amides is 1. The van der Waals surface area contributed by atoms with Crippen molar-refractivity contribution in [3.8, 4) is 0 Å². The van der Waals surface area contributed by atoms with Crippen LogP contribution in [0.25, 0.3) is 0 Å². The van der Waals surface area contributed by atoms with Crippen molar-refractivity contribution in [3.05, 3.63) is 35.4 Å². The predicted molar refractivity (Wildman–Crippen MR) is 73.0 cm³/mol. The maximum absolute atomic E-state index is 11.3.